The number of fused-ring (bicyclic) bond motifs is 1. The molecule has 1 aliphatic heterocycles. The van der Waals surface area contributed by atoms with Gasteiger partial charge in [0, 0.05) is 11.5 Å². The molecule has 0 saturated carbocycles. The quantitative estimate of drug-likeness (QED) is 0.562. The van der Waals surface area contributed by atoms with Crippen LogP contribution in [0.5, 0.6) is 5.75 Å². The number of esters is 1. The van der Waals surface area contributed by atoms with E-state index < -0.39 is 0 Å². The summed E-state index contributed by atoms with van der Waals surface area (Å²) in [6.45, 7) is 1.97. The van der Waals surface area contributed by atoms with E-state index in [2.05, 4.69) is 12.1 Å². The van der Waals surface area contributed by atoms with Gasteiger partial charge in [0.25, 0.3) is 0 Å². The molecule has 2 aromatic carbocycles. The van der Waals surface area contributed by atoms with E-state index in [0.29, 0.717) is 6.42 Å². The predicted molar refractivity (Wildman–Crippen MR) is 69.7 cm³/mol. The first-order chi connectivity index (χ1) is 8.75. The summed E-state index contributed by atoms with van der Waals surface area (Å²) in [5.74, 6) is 0.704. The van der Waals surface area contributed by atoms with Crippen LogP contribution in [0.15, 0.2) is 48.5 Å². The molecule has 90 valence electrons. The standard InChI is InChI=1S/C16H14O2/c1-11-6-5-9-13-14(10-15(17)18-16(11)13)12-7-3-2-4-8-12/h2-9,14H,10H2,1H3/t14-/m0/s1. The molecule has 0 unspecified atom stereocenters. The summed E-state index contributed by atoms with van der Waals surface area (Å²) in [5.41, 5.74) is 3.29. The second-order valence-electron chi connectivity index (χ2n) is 4.63. The van der Waals surface area contributed by atoms with Crippen LogP contribution in [0.3, 0.4) is 0 Å². The maximum absolute atomic E-state index is 11.7. The lowest BCUT2D eigenvalue weighted by atomic mass is 9.85. The fraction of sp³-hybridized carbons (Fsp3) is 0.188. The molecule has 0 amide bonds. The minimum Gasteiger partial charge on any atom is -0.426 e. The number of carbonyl (C=O) groups is 1. The zero-order valence-corrected chi connectivity index (χ0v) is 10.2. The molecule has 0 spiro atoms. The largest absolute Gasteiger partial charge is 0.426 e. The van der Waals surface area contributed by atoms with Crippen LogP contribution >= 0.6 is 0 Å². The van der Waals surface area contributed by atoms with E-state index in [1.807, 2.05) is 43.3 Å². The summed E-state index contributed by atoms with van der Waals surface area (Å²) in [4.78, 5) is 11.7. The lowest BCUT2D eigenvalue weighted by Crippen LogP contribution is -2.21. The van der Waals surface area contributed by atoms with Gasteiger partial charge in [-0.15, -0.1) is 0 Å². The van der Waals surface area contributed by atoms with Gasteiger partial charge in [-0.1, -0.05) is 48.5 Å². The second kappa shape index (κ2) is 4.30. The van der Waals surface area contributed by atoms with Gasteiger partial charge in [0.2, 0.25) is 0 Å². The molecule has 0 N–H and O–H groups in total. The first-order valence-electron chi connectivity index (χ1n) is 6.11. The molecule has 0 bridgehead atoms. The van der Waals surface area contributed by atoms with Crippen molar-refractivity contribution >= 4 is 5.97 Å². The number of para-hydroxylation sites is 1. The first kappa shape index (κ1) is 11.0. The Balaban J connectivity index is 2.14. The van der Waals surface area contributed by atoms with Crippen molar-refractivity contribution in [1.82, 2.24) is 0 Å². The van der Waals surface area contributed by atoms with E-state index in [1.54, 1.807) is 0 Å². The van der Waals surface area contributed by atoms with Crippen LogP contribution in [0.2, 0.25) is 0 Å². The van der Waals surface area contributed by atoms with Crippen LogP contribution in [-0.4, -0.2) is 5.97 Å². The van der Waals surface area contributed by atoms with Gasteiger partial charge in [-0.2, -0.15) is 0 Å². The van der Waals surface area contributed by atoms with Crippen LogP contribution in [0.4, 0.5) is 0 Å². The number of hydrogen-bond acceptors (Lipinski definition) is 2. The Morgan fingerprint density at radius 2 is 1.83 bits per heavy atom. The van der Waals surface area contributed by atoms with Gasteiger partial charge < -0.3 is 4.74 Å². The Morgan fingerprint density at radius 3 is 2.61 bits per heavy atom. The molecular formula is C16H14O2. The van der Waals surface area contributed by atoms with Crippen molar-refractivity contribution in [1.29, 1.82) is 0 Å². The van der Waals surface area contributed by atoms with Gasteiger partial charge in [0.05, 0.1) is 6.42 Å². The van der Waals surface area contributed by atoms with Crippen molar-refractivity contribution in [2.75, 3.05) is 0 Å². The van der Waals surface area contributed by atoms with Gasteiger partial charge in [-0.05, 0) is 18.1 Å². The third-order valence-corrected chi connectivity index (χ3v) is 3.41. The van der Waals surface area contributed by atoms with Gasteiger partial charge in [0.1, 0.15) is 5.75 Å². The zero-order valence-electron chi connectivity index (χ0n) is 10.2. The fourth-order valence-corrected chi connectivity index (χ4v) is 2.50. The predicted octanol–water partition coefficient (Wildman–Crippen LogP) is 3.44. The fourth-order valence-electron chi connectivity index (χ4n) is 2.50. The van der Waals surface area contributed by atoms with Gasteiger partial charge in [0.15, 0.2) is 0 Å². The highest BCUT2D eigenvalue weighted by atomic mass is 16.5. The molecule has 0 saturated heterocycles. The zero-order chi connectivity index (χ0) is 12.5. The average molecular weight is 238 g/mol. The SMILES string of the molecule is Cc1cccc2c1OC(=O)C[C@H]2c1ccccc1. The average Bonchev–Trinajstić information content (AvgIpc) is 2.40. The maximum atomic E-state index is 11.7. The summed E-state index contributed by atoms with van der Waals surface area (Å²) in [6, 6.07) is 16.2. The number of benzene rings is 2. The summed E-state index contributed by atoms with van der Waals surface area (Å²) < 4.78 is 5.38. The van der Waals surface area contributed by atoms with E-state index in [-0.39, 0.29) is 11.9 Å². The highest BCUT2D eigenvalue weighted by Gasteiger charge is 2.28. The minimum absolute atomic E-state index is 0.113. The van der Waals surface area contributed by atoms with E-state index in [0.717, 1.165) is 16.9 Å². The summed E-state index contributed by atoms with van der Waals surface area (Å²) >= 11 is 0. The van der Waals surface area contributed by atoms with E-state index in [4.69, 9.17) is 4.74 Å². The molecule has 1 aliphatic rings. The van der Waals surface area contributed by atoms with Crippen molar-refractivity contribution in [2.24, 2.45) is 0 Å². The Labute approximate surface area is 106 Å². The van der Waals surface area contributed by atoms with Crippen molar-refractivity contribution in [2.45, 2.75) is 19.3 Å². The molecule has 0 aliphatic carbocycles. The van der Waals surface area contributed by atoms with Crippen LogP contribution in [0.1, 0.15) is 29.0 Å². The van der Waals surface area contributed by atoms with Gasteiger partial charge >= 0.3 is 5.97 Å². The number of rotatable bonds is 1. The Bertz CT molecular complexity index is 587. The maximum Gasteiger partial charge on any atom is 0.312 e. The third kappa shape index (κ3) is 1.80. The van der Waals surface area contributed by atoms with E-state index >= 15 is 0 Å². The highest BCUT2D eigenvalue weighted by molar-refractivity contribution is 5.78. The lowest BCUT2D eigenvalue weighted by molar-refractivity contribution is -0.135. The summed E-state index contributed by atoms with van der Waals surface area (Å²) in [6.07, 6.45) is 0.417. The van der Waals surface area contributed by atoms with Crippen LogP contribution in [0.25, 0.3) is 0 Å². The summed E-state index contributed by atoms with van der Waals surface area (Å²) in [7, 11) is 0. The number of carbonyl (C=O) groups excluding carboxylic acids is 1. The molecule has 18 heavy (non-hydrogen) atoms. The molecule has 2 heteroatoms. The monoisotopic (exact) mass is 238 g/mol. The van der Waals surface area contributed by atoms with Crippen LogP contribution in [-0.2, 0) is 4.79 Å². The van der Waals surface area contributed by atoms with E-state index in [9.17, 15) is 4.79 Å². The molecule has 2 nitrogen and oxygen atoms in total. The number of ether oxygens (including phenoxy) is 1. The third-order valence-electron chi connectivity index (χ3n) is 3.41. The van der Waals surface area contributed by atoms with Gasteiger partial charge in [-0.3, -0.25) is 4.79 Å². The van der Waals surface area contributed by atoms with Crippen LogP contribution < -0.4 is 4.74 Å². The van der Waals surface area contributed by atoms with Gasteiger partial charge in [-0.25, -0.2) is 0 Å². The normalized spacial score (nSPS) is 18.1. The number of hydrogen-bond donors (Lipinski definition) is 0. The molecule has 0 radical (unpaired) electrons. The molecule has 1 heterocycles. The molecule has 0 aromatic heterocycles. The highest BCUT2D eigenvalue weighted by Crippen LogP contribution is 2.40. The van der Waals surface area contributed by atoms with Crippen molar-refractivity contribution in [3.05, 3.63) is 65.2 Å². The Kier molecular flexibility index (Phi) is 2.63. The molecule has 2 aromatic rings. The number of aryl methyl sites for hydroxylation is 1. The smallest absolute Gasteiger partial charge is 0.312 e. The van der Waals surface area contributed by atoms with Crippen LogP contribution in [0, 0.1) is 6.92 Å². The van der Waals surface area contributed by atoms with E-state index in [1.165, 1.54) is 5.56 Å². The van der Waals surface area contributed by atoms with Crippen molar-refractivity contribution < 1.29 is 9.53 Å². The summed E-state index contributed by atoms with van der Waals surface area (Å²) in [5, 5.41) is 0. The Morgan fingerprint density at radius 1 is 1.06 bits per heavy atom. The van der Waals surface area contributed by atoms with Crippen molar-refractivity contribution in [3.8, 4) is 5.75 Å². The van der Waals surface area contributed by atoms with Crippen molar-refractivity contribution in [3.63, 3.8) is 0 Å². The molecule has 0 fully saturated rings. The lowest BCUT2D eigenvalue weighted by Gasteiger charge is -2.25. The topological polar surface area (TPSA) is 26.3 Å². The Hall–Kier alpha value is -2.09. The first-order valence-corrected chi connectivity index (χ1v) is 6.11. The molecule has 3 rings (SSSR count). The molecular weight excluding hydrogens is 224 g/mol. The minimum atomic E-state index is -0.148. The molecule has 1 atom stereocenters. The second-order valence-corrected chi connectivity index (χ2v) is 4.63.